The molecule has 1 aromatic heterocycles. The van der Waals surface area contributed by atoms with E-state index in [2.05, 4.69) is 0 Å². The second-order valence-corrected chi connectivity index (χ2v) is 1.80. The van der Waals surface area contributed by atoms with Crippen LogP contribution in [-0.4, -0.2) is 0 Å². The van der Waals surface area contributed by atoms with Crippen molar-refractivity contribution in [3.05, 3.63) is 23.1 Å². The molecule has 0 saturated carbocycles. The van der Waals surface area contributed by atoms with Crippen molar-refractivity contribution in [2.24, 2.45) is 0 Å². The van der Waals surface area contributed by atoms with Crippen molar-refractivity contribution < 1.29 is 4.42 Å². The zero-order valence-corrected chi connectivity index (χ0v) is 6.70. The van der Waals surface area contributed by atoms with Crippen LogP contribution in [0.4, 0.5) is 0 Å². The molecular weight excluding hydrogens is 136 g/mol. The minimum absolute atomic E-state index is 0.456. The van der Waals surface area contributed by atoms with Crippen LogP contribution in [0.15, 0.2) is 16.7 Å². The van der Waals surface area contributed by atoms with Crippen LogP contribution in [0.3, 0.4) is 0 Å². The Kier molecular flexibility index (Phi) is 4.24. The zero-order valence-electron chi connectivity index (χ0n) is 5.94. The smallest absolute Gasteiger partial charge is 0.193 e. The summed E-state index contributed by atoms with van der Waals surface area (Å²) < 4.78 is 4.73. The lowest BCUT2D eigenvalue weighted by molar-refractivity contribution is 0.567. The van der Waals surface area contributed by atoms with E-state index in [0.717, 1.165) is 5.56 Å². The number of hydrogen-bond donors (Lipinski definition) is 0. The van der Waals surface area contributed by atoms with Gasteiger partial charge >= 0.3 is 0 Å². The van der Waals surface area contributed by atoms with E-state index in [1.165, 1.54) is 0 Å². The van der Waals surface area contributed by atoms with E-state index in [-0.39, 0.29) is 0 Å². The molecule has 2 heteroatoms. The Labute approximate surface area is 60.6 Å². The Hall–Kier alpha value is -0.430. The summed E-state index contributed by atoms with van der Waals surface area (Å²) in [5, 5.41) is 0.456. The molecule has 0 aliphatic rings. The van der Waals surface area contributed by atoms with Gasteiger partial charge in [0.15, 0.2) is 5.22 Å². The summed E-state index contributed by atoms with van der Waals surface area (Å²) in [6.07, 6.45) is 1.61. The summed E-state index contributed by atoms with van der Waals surface area (Å²) in [6, 6.07) is 1.77. The van der Waals surface area contributed by atoms with E-state index in [1.807, 2.05) is 20.8 Å². The third-order valence-corrected chi connectivity index (χ3v) is 0.897. The lowest BCUT2D eigenvalue weighted by atomic mass is 10.4. The van der Waals surface area contributed by atoms with E-state index in [9.17, 15) is 0 Å². The van der Waals surface area contributed by atoms with Crippen LogP contribution in [0.1, 0.15) is 19.4 Å². The highest BCUT2D eigenvalue weighted by Crippen LogP contribution is 2.10. The molecule has 0 unspecified atom stereocenters. The fourth-order valence-corrected chi connectivity index (χ4v) is 0.613. The van der Waals surface area contributed by atoms with Gasteiger partial charge in [-0.15, -0.1) is 0 Å². The van der Waals surface area contributed by atoms with Crippen molar-refractivity contribution in [2.45, 2.75) is 20.8 Å². The minimum Gasteiger partial charge on any atom is -0.453 e. The molecule has 52 valence electrons. The molecular formula is C7H11ClO. The number of furan rings is 1. The zero-order chi connectivity index (χ0) is 7.28. The summed E-state index contributed by atoms with van der Waals surface area (Å²) in [5.41, 5.74) is 1.06. The van der Waals surface area contributed by atoms with Crippen LogP contribution < -0.4 is 0 Å². The Balaban J connectivity index is 0.000000291. The molecule has 0 spiro atoms. The van der Waals surface area contributed by atoms with Crippen LogP contribution in [0.2, 0.25) is 5.22 Å². The Bertz CT molecular complexity index is 141. The van der Waals surface area contributed by atoms with Crippen molar-refractivity contribution in [1.82, 2.24) is 0 Å². The molecule has 0 atom stereocenters. The van der Waals surface area contributed by atoms with Crippen LogP contribution in [-0.2, 0) is 0 Å². The predicted molar refractivity (Wildman–Crippen MR) is 39.8 cm³/mol. The quantitative estimate of drug-likeness (QED) is 0.548. The van der Waals surface area contributed by atoms with Crippen LogP contribution in [0, 0.1) is 6.92 Å². The highest BCUT2D eigenvalue weighted by Gasteiger charge is 1.88. The molecule has 0 radical (unpaired) electrons. The first-order valence-electron chi connectivity index (χ1n) is 2.99. The van der Waals surface area contributed by atoms with Crippen molar-refractivity contribution in [3.63, 3.8) is 0 Å². The lowest BCUT2D eigenvalue weighted by Gasteiger charge is -1.65. The van der Waals surface area contributed by atoms with Gasteiger partial charge < -0.3 is 4.42 Å². The first-order valence-corrected chi connectivity index (χ1v) is 3.37. The maximum Gasteiger partial charge on any atom is 0.193 e. The summed E-state index contributed by atoms with van der Waals surface area (Å²) in [4.78, 5) is 0. The van der Waals surface area contributed by atoms with Crippen molar-refractivity contribution >= 4 is 11.6 Å². The van der Waals surface area contributed by atoms with Gasteiger partial charge in [0.25, 0.3) is 0 Å². The van der Waals surface area contributed by atoms with E-state index in [1.54, 1.807) is 12.3 Å². The molecule has 0 bridgehead atoms. The molecule has 1 nitrogen and oxygen atoms in total. The summed E-state index contributed by atoms with van der Waals surface area (Å²) in [5.74, 6) is 0. The van der Waals surface area contributed by atoms with Gasteiger partial charge in [0, 0.05) is 0 Å². The normalized spacial score (nSPS) is 8.00. The highest BCUT2D eigenvalue weighted by molar-refractivity contribution is 6.28. The van der Waals surface area contributed by atoms with Crippen molar-refractivity contribution in [3.8, 4) is 0 Å². The molecule has 1 rings (SSSR count). The van der Waals surface area contributed by atoms with Gasteiger partial charge in [-0.3, -0.25) is 0 Å². The van der Waals surface area contributed by atoms with Gasteiger partial charge in [-0.2, -0.15) is 0 Å². The number of rotatable bonds is 0. The third-order valence-electron chi connectivity index (χ3n) is 0.699. The van der Waals surface area contributed by atoms with Gasteiger partial charge in [-0.05, 0) is 30.2 Å². The van der Waals surface area contributed by atoms with Gasteiger partial charge in [-0.25, -0.2) is 0 Å². The maximum absolute atomic E-state index is 5.39. The van der Waals surface area contributed by atoms with E-state index in [0.29, 0.717) is 5.22 Å². The average Bonchev–Trinajstić information content (AvgIpc) is 2.20. The molecule has 0 fully saturated rings. The Morgan fingerprint density at radius 3 is 2.11 bits per heavy atom. The Morgan fingerprint density at radius 2 is 2.00 bits per heavy atom. The minimum atomic E-state index is 0.456. The number of halogens is 1. The molecule has 0 amide bonds. The van der Waals surface area contributed by atoms with Crippen LogP contribution in [0.5, 0.6) is 0 Å². The van der Waals surface area contributed by atoms with E-state index in [4.69, 9.17) is 16.0 Å². The molecule has 1 heterocycles. The van der Waals surface area contributed by atoms with Gasteiger partial charge in [0.1, 0.15) is 0 Å². The van der Waals surface area contributed by atoms with Crippen molar-refractivity contribution in [1.29, 1.82) is 0 Å². The second kappa shape index (κ2) is 4.45. The highest BCUT2D eigenvalue weighted by atomic mass is 35.5. The molecule has 0 saturated heterocycles. The van der Waals surface area contributed by atoms with Gasteiger partial charge in [0.05, 0.1) is 6.26 Å². The standard InChI is InChI=1S/C5H5ClO.C2H6/c1-4-2-5(6)7-3-4;1-2/h2-3H,1H3;1-2H3. The van der Waals surface area contributed by atoms with Crippen molar-refractivity contribution in [2.75, 3.05) is 0 Å². The average molecular weight is 147 g/mol. The van der Waals surface area contributed by atoms with E-state index >= 15 is 0 Å². The second-order valence-electron chi connectivity index (χ2n) is 1.43. The van der Waals surface area contributed by atoms with Crippen LogP contribution in [0.25, 0.3) is 0 Å². The fourth-order valence-electron chi connectivity index (χ4n) is 0.396. The molecule has 0 aliphatic carbocycles. The first-order chi connectivity index (χ1) is 4.29. The van der Waals surface area contributed by atoms with Gasteiger partial charge in [-0.1, -0.05) is 13.8 Å². The van der Waals surface area contributed by atoms with Crippen LogP contribution >= 0.6 is 11.6 Å². The molecule has 0 N–H and O–H groups in total. The maximum atomic E-state index is 5.39. The topological polar surface area (TPSA) is 13.1 Å². The summed E-state index contributed by atoms with van der Waals surface area (Å²) in [7, 11) is 0. The monoisotopic (exact) mass is 146 g/mol. The number of hydrogen-bond acceptors (Lipinski definition) is 1. The number of aryl methyl sites for hydroxylation is 1. The van der Waals surface area contributed by atoms with Gasteiger partial charge in [0.2, 0.25) is 0 Å². The first kappa shape index (κ1) is 8.57. The third kappa shape index (κ3) is 3.20. The summed E-state index contributed by atoms with van der Waals surface area (Å²) in [6.45, 7) is 5.93. The lowest BCUT2D eigenvalue weighted by Crippen LogP contribution is -1.49. The molecule has 0 aliphatic heterocycles. The largest absolute Gasteiger partial charge is 0.453 e. The molecule has 0 aromatic carbocycles. The molecule has 9 heavy (non-hydrogen) atoms. The Morgan fingerprint density at radius 1 is 1.44 bits per heavy atom. The predicted octanol–water partition coefficient (Wildman–Crippen LogP) is 3.27. The fraction of sp³-hybridized carbons (Fsp3) is 0.429. The van der Waals surface area contributed by atoms with E-state index < -0.39 is 0 Å². The summed E-state index contributed by atoms with van der Waals surface area (Å²) >= 11 is 5.39. The SMILES string of the molecule is CC.Cc1coc(Cl)c1. The molecule has 1 aromatic rings.